The lowest BCUT2D eigenvalue weighted by Crippen LogP contribution is -2.19. The standard InChI is InChI=1S/C16H17N3O4S/c1-3-13-15(24-19-18-13)16(22)23-9-14(21)12-6-4-11(5-7-12)8-17-10(2)20/h4-7H,3,8-9H2,1-2H3,(H,17,20). The monoisotopic (exact) mass is 347 g/mol. The maximum absolute atomic E-state index is 12.1. The first-order chi connectivity index (χ1) is 11.5. The molecule has 1 aromatic carbocycles. The lowest BCUT2D eigenvalue weighted by molar-refractivity contribution is -0.119. The van der Waals surface area contributed by atoms with Crippen molar-refractivity contribution in [2.45, 2.75) is 26.8 Å². The van der Waals surface area contributed by atoms with Crippen molar-refractivity contribution in [2.75, 3.05) is 6.61 Å². The highest BCUT2D eigenvalue weighted by Crippen LogP contribution is 2.13. The number of aryl methyl sites for hydroxylation is 1. The summed E-state index contributed by atoms with van der Waals surface area (Å²) >= 11 is 0.958. The van der Waals surface area contributed by atoms with E-state index in [-0.39, 0.29) is 18.3 Å². The number of nitrogens with one attached hydrogen (secondary N) is 1. The first-order valence-electron chi connectivity index (χ1n) is 7.36. The van der Waals surface area contributed by atoms with E-state index in [0.717, 1.165) is 17.1 Å². The third-order valence-electron chi connectivity index (χ3n) is 3.23. The Bertz CT molecular complexity index is 740. The van der Waals surface area contributed by atoms with Gasteiger partial charge in [-0.05, 0) is 23.5 Å². The number of hydrogen-bond donors (Lipinski definition) is 1. The van der Waals surface area contributed by atoms with Crippen molar-refractivity contribution in [1.29, 1.82) is 0 Å². The molecule has 126 valence electrons. The maximum atomic E-state index is 12.1. The number of amides is 1. The number of nitrogens with zero attached hydrogens (tertiary/aromatic N) is 2. The van der Waals surface area contributed by atoms with Crippen LogP contribution in [0.1, 0.15) is 45.1 Å². The molecule has 0 aliphatic carbocycles. The van der Waals surface area contributed by atoms with Crippen LogP contribution < -0.4 is 5.32 Å². The van der Waals surface area contributed by atoms with E-state index in [0.29, 0.717) is 29.1 Å². The normalized spacial score (nSPS) is 10.2. The lowest BCUT2D eigenvalue weighted by Gasteiger charge is -2.05. The molecular formula is C16H17N3O4S. The summed E-state index contributed by atoms with van der Waals surface area (Å²) < 4.78 is 8.75. The summed E-state index contributed by atoms with van der Waals surface area (Å²) in [5, 5.41) is 6.51. The molecule has 0 aliphatic rings. The van der Waals surface area contributed by atoms with Crippen LogP contribution in [0.4, 0.5) is 0 Å². The molecule has 8 heteroatoms. The molecule has 0 radical (unpaired) electrons. The van der Waals surface area contributed by atoms with E-state index in [4.69, 9.17) is 4.74 Å². The lowest BCUT2D eigenvalue weighted by atomic mass is 10.1. The fraction of sp³-hybridized carbons (Fsp3) is 0.312. The highest BCUT2D eigenvalue weighted by molar-refractivity contribution is 7.07. The molecular weight excluding hydrogens is 330 g/mol. The Morgan fingerprint density at radius 3 is 2.54 bits per heavy atom. The van der Waals surface area contributed by atoms with Crippen LogP contribution in [0.2, 0.25) is 0 Å². The average molecular weight is 347 g/mol. The molecule has 0 atom stereocenters. The van der Waals surface area contributed by atoms with Gasteiger partial charge in [-0.1, -0.05) is 35.7 Å². The quantitative estimate of drug-likeness (QED) is 0.605. The Kier molecular flexibility index (Phi) is 6.14. The van der Waals surface area contributed by atoms with Crippen LogP contribution in [0.25, 0.3) is 0 Å². The van der Waals surface area contributed by atoms with Gasteiger partial charge in [0, 0.05) is 19.0 Å². The largest absolute Gasteiger partial charge is 0.453 e. The zero-order valence-corrected chi connectivity index (χ0v) is 14.2. The van der Waals surface area contributed by atoms with Gasteiger partial charge in [-0.15, -0.1) is 5.10 Å². The first-order valence-corrected chi connectivity index (χ1v) is 8.13. The van der Waals surface area contributed by atoms with Crippen LogP contribution in [-0.4, -0.2) is 33.9 Å². The second-order valence-corrected chi connectivity index (χ2v) is 5.76. The molecule has 0 aliphatic heterocycles. The van der Waals surface area contributed by atoms with Crippen molar-refractivity contribution < 1.29 is 19.1 Å². The molecule has 0 unspecified atom stereocenters. The molecule has 0 saturated carbocycles. The van der Waals surface area contributed by atoms with E-state index in [9.17, 15) is 14.4 Å². The summed E-state index contributed by atoms with van der Waals surface area (Å²) in [6.07, 6.45) is 0.574. The number of carbonyl (C=O) groups is 3. The summed E-state index contributed by atoms with van der Waals surface area (Å²) in [5.41, 5.74) is 1.88. The molecule has 0 saturated heterocycles. The van der Waals surface area contributed by atoms with Gasteiger partial charge in [0.25, 0.3) is 0 Å². The molecule has 1 N–H and O–H groups in total. The Hall–Kier alpha value is -2.61. The van der Waals surface area contributed by atoms with Crippen molar-refractivity contribution in [3.8, 4) is 0 Å². The van der Waals surface area contributed by atoms with Gasteiger partial charge >= 0.3 is 5.97 Å². The van der Waals surface area contributed by atoms with Crippen LogP contribution in [-0.2, 0) is 22.5 Å². The minimum absolute atomic E-state index is 0.119. The summed E-state index contributed by atoms with van der Waals surface area (Å²) in [5.74, 6) is -1.01. The predicted molar refractivity (Wildman–Crippen MR) is 87.9 cm³/mol. The predicted octanol–water partition coefficient (Wildman–Crippen LogP) is 1.78. The van der Waals surface area contributed by atoms with Gasteiger partial charge in [0.1, 0.15) is 0 Å². The van der Waals surface area contributed by atoms with Crippen molar-refractivity contribution in [3.05, 3.63) is 46.0 Å². The van der Waals surface area contributed by atoms with Crippen molar-refractivity contribution >= 4 is 29.2 Å². The topological polar surface area (TPSA) is 98.2 Å². The third-order valence-corrected chi connectivity index (χ3v) is 3.98. The molecule has 0 fully saturated rings. The fourth-order valence-electron chi connectivity index (χ4n) is 1.91. The SMILES string of the molecule is CCc1nnsc1C(=O)OCC(=O)c1ccc(CNC(C)=O)cc1. The highest BCUT2D eigenvalue weighted by atomic mass is 32.1. The molecule has 0 spiro atoms. The van der Waals surface area contributed by atoms with Gasteiger partial charge in [0.15, 0.2) is 17.3 Å². The first kappa shape index (κ1) is 17.7. The Labute approximate surface area is 143 Å². The van der Waals surface area contributed by atoms with E-state index in [1.165, 1.54) is 6.92 Å². The van der Waals surface area contributed by atoms with Gasteiger partial charge < -0.3 is 10.1 Å². The van der Waals surface area contributed by atoms with Crippen molar-refractivity contribution in [1.82, 2.24) is 14.9 Å². The highest BCUT2D eigenvalue weighted by Gasteiger charge is 2.18. The van der Waals surface area contributed by atoms with Crippen molar-refractivity contribution in [3.63, 3.8) is 0 Å². The van der Waals surface area contributed by atoms with Gasteiger partial charge in [-0.25, -0.2) is 4.79 Å². The van der Waals surface area contributed by atoms with Crippen LogP contribution in [0, 0.1) is 0 Å². The second kappa shape index (κ2) is 8.30. The Balaban J connectivity index is 1.90. The molecule has 1 aromatic heterocycles. The average Bonchev–Trinajstić information content (AvgIpc) is 3.06. The molecule has 24 heavy (non-hydrogen) atoms. The fourth-order valence-corrected chi connectivity index (χ4v) is 2.55. The molecule has 1 heterocycles. The van der Waals surface area contributed by atoms with E-state index in [2.05, 4.69) is 14.9 Å². The van der Waals surface area contributed by atoms with E-state index in [1.807, 2.05) is 6.92 Å². The van der Waals surface area contributed by atoms with Gasteiger partial charge in [-0.2, -0.15) is 0 Å². The third kappa shape index (κ3) is 4.69. The smallest absolute Gasteiger partial charge is 0.352 e. The van der Waals surface area contributed by atoms with Crippen molar-refractivity contribution in [2.24, 2.45) is 0 Å². The van der Waals surface area contributed by atoms with E-state index in [1.54, 1.807) is 24.3 Å². The molecule has 2 aromatic rings. The number of aromatic nitrogens is 2. The number of ketones is 1. The van der Waals surface area contributed by atoms with E-state index < -0.39 is 5.97 Å². The van der Waals surface area contributed by atoms with E-state index >= 15 is 0 Å². The van der Waals surface area contributed by atoms with Crippen LogP contribution in [0.5, 0.6) is 0 Å². The van der Waals surface area contributed by atoms with Gasteiger partial charge in [0.05, 0.1) is 5.69 Å². The second-order valence-electron chi connectivity index (χ2n) is 5.01. The number of carbonyl (C=O) groups excluding carboxylic acids is 3. The van der Waals surface area contributed by atoms with Crippen LogP contribution in [0.3, 0.4) is 0 Å². The minimum Gasteiger partial charge on any atom is -0.453 e. The number of ether oxygens (including phenoxy) is 1. The number of Topliss-reactive ketones (excluding diaryl/α,β-unsaturated/α-hetero) is 1. The minimum atomic E-state index is -0.586. The molecule has 1 amide bonds. The number of hydrogen-bond acceptors (Lipinski definition) is 7. The van der Waals surface area contributed by atoms with Crippen LogP contribution >= 0.6 is 11.5 Å². The summed E-state index contributed by atoms with van der Waals surface area (Å²) in [6, 6.07) is 6.76. The Morgan fingerprint density at radius 1 is 1.21 bits per heavy atom. The number of rotatable bonds is 7. The summed E-state index contributed by atoms with van der Waals surface area (Å²) in [7, 11) is 0. The van der Waals surface area contributed by atoms with Gasteiger partial charge in [-0.3, -0.25) is 9.59 Å². The number of esters is 1. The number of benzene rings is 1. The summed E-state index contributed by atoms with van der Waals surface area (Å²) in [4.78, 5) is 35.2. The van der Waals surface area contributed by atoms with Crippen LogP contribution in [0.15, 0.2) is 24.3 Å². The zero-order valence-electron chi connectivity index (χ0n) is 13.4. The van der Waals surface area contributed by atoms with Gasteiger partial charge in [0.2, 0.25) is 5.91 Å². The molecule has 2 rings (SSSR count). The molecule has 0 bridgehead atoms. The maximum Gasteiger partial charge on any atom is 0.352 e. The zero-order chi connectivity index (χ0) is 17.5. The summed E-state index contributed by atoms with van der Waals surface area (Å²) in [6.45, 7) is 3.36. The Morgan fingerprint density at radius 2 is 1.92 bits per heavy atom. The molecule has 7 nitrogen and oxygen atoms in total.